The predicted octanol–water partition coefficient (Wildman–Crippen LogP) is 1.97. The van der Waals surface area contributed by atoms with Crippen molar-refractivity contribution in [3.63, 3.8) is 0 Å². The van der Waals surface area contributed by atoms with Crippen molar-refractivity contribution in [1.29, 1.82) is 0 Å². The monoisotopic (exact) mass is 281 g/mol. The number of hydrogen-bond donors (Lipinski definition) is 1. The van der Waals surface area contributed by atoms with Gasteiger partial charge in [-0.2, -0.15) is 0 Å². The molecule has 2 aliphatic heterocycles. The Balaban J connectivity index is 1.90. The Kier molecular flexibility index (Phi) is 4.89. The lowest BCUT2D eigenvalue weighted by molar-refractivity contribution is -0.129. The van der Waals surface area contributed by atoms with Gasteiger partial charge in [0.25, 0.3) is 0 Å². The van der Waals surface area contributed by atoms with Crippen LogP contribution in [0.2, 0.25) is 0 Å². The molecule has 2 atom stereocenters. The highest BCUT2D eigenvalue weighted by molar-refractivity contribution is 5.82. The summed E-state index contributed by atoms with van der Waals surface area (Å²) in [7, 11) is 0. The SMILES string of the molecule is CCC1CCCCN1C(=O)NC1CC(=O)N(C(C)C)C1. The van der Waals surface area contributed by atoms with Crippen molar-refractivity contribution in [2.75, 3.05) is 13.1 Å². The molecule has 0 aromatic heterocycles. The summed E-state index contributed by atoms with van der Waals surface area (Å²) in [5, 5.41) is 3.05. The summed E-state index contributed by atoms with van der Waals surface area (Å²) in [6.45, 7) is 7.65. The fraction of sp³-hybridized carbons (Fsp3) is 0.867. The highest BCUT2D eigenvalue weighted by Crippen LogP contribution is 2.20. The van der Waals surface area contributed by atoms with E-state index in [1.165, 1.54) is 6.42 Å². The van der Waals surface area contributed by atoms with Gasteiger partial charge in [-0.05, 0) is 39.5 Å². The van der Waals surface area contributed by atoms with Crippen molar-refractivity contribution in [3.8, 4) is 0 Å². The van der Waals surface area contributed by atoms with E-state index in [1.54, 1.807) is 0 Å². The average molecular weight is 281 g/mol. The molecular weight excluding hydrogens is 254 g/mol. The third-order valence-electron chi connectivity index (χ3n) is 4.47. The Bertz CT molecular complexity index is 370. The van der Waals surface area contributed by atoms with Crippen LogP contribution in [0.4, 0.5) is 4.79 Å². The fourth-order valence-electron chi connectivity index (χ4n) is 3.28. The molecule has 3 amide bonds. The number of amides is 3. The second-order valence-corrected chi connectivity index (χ2v) is 6.24. The summed E-state index contributed by atoms with van der Waals surface area (Å²) >= 11 is 0. The number of nitrogens with one attached hydrogen (secondary N) is 1. The normalized spacial score (nSPS) is 27.3. The van der Waals surface area contributed by atoms with Gasteiger partial charge in [-0.1, -0.05) is 6.92 Å². The molecule has 114 valence electrons. The van der Waals surface area contributed by atoms with E-state index < -0.39 is 0 Å². The fourth-order valence-corrected chi connectivity index (χ4v) is 3.28. The second kappa shape index (κ2) is 6.46. The molecule has 0 aromatic rings. The molecule has 5 nitrogen and oxygen atoms in total. The summed E-state index contributed by atoms with van der Waals surface area (Å²) in [5.41, 5.74) is 0. The van der Waals surface area contributed by atoms with Crippen molar-refractivity contribution in [1.82, 2.24) is 15.1 Å². The van der Waals surface area contributed by atoms with Gasteiger partial charge in [-0.3, -0.25) is 4.79 Å². The van der Waals surface area contributed by atoms with E-state index in [4.69, 9.17) is 0 Å². The number of nitrogens with zero attached hydrogens (tertiary/aromatic N) is 2. The first-order valence-corrected chi connectivity index (χ1v) is 7.89. The third-order valence-corrected chi connectivity index (χ3v) is 4.47. The van der Waals surface area contributed by atoms with E-state index in [1.807, 2.05) is 23.6 Å². The maximum atomic E-state index is 12.4. The average Bonchev–Trinajstić information content (AvgIpc) is 2.79. The number of piperidine rings is 1. The lowest BCUT2D eigenvalue weighted by Gasteiger charge is -2.36. The molecule has 20 heavy (non-hydrogen) atoms. The van der Waals surface area contributed by atoms with Crippen LogP contribution in [0.3, 0.4) is 0 Å². The largest absolute Gasteiger partial charge is 0.338 e. The zero-order valence-corrected chi connectivity index (χ0v) is 12.9. The van der Waals surface area contributed by atoms with Gasteiger partial charge in [0.05, 0.1) is 6.04 Å². The van der Waals surface area contributed by atoms with Crippen LogP contribution in [0, 0.1) is 0 Å². The number of carbonyl (C=O) groups excluding carboxylic acids is 2. The Morgan fingerprint density at radius 1 is 1.40 bits per heavy atom. The highest BCUT2D eigenvalue weighted by atomic mass is 16.2. The summed E-state index contributed by atoms with van der Waals surface area (Å²) < 4.78 is 0. The van der Waals surface area contributed by atoms with Gasteiger partial charge in [0.1, 0.15) is 0 Å². The van der Waals surface area contributed by atoms with E-state index >= 15 is 0 Å². The third kappa shape index (κ3) is 3.25. The topological polar surface area (TPSA) is 52.7 Å². The van der Waals surface area contributed by atoms with Crippen LogP contribution in [0.1, 0.15) is 52.9 Å². The summed E-state index contributed by atoms with van der Waals surface area (Å²) in [6.07, 6.45) is 4.85. The smallest absolute Gasteiger partial charge is 0.317 e. The minimum atomic E-state index is -0.0307. The van der Waals surface area contributed by atoms with Crippen LogP contribution < -0.4 is 5.32 Å². The van der Waals surface area contributed by atoms with Gasteiger partial charge in [0.2, 0.25) is 5.91 Å². The standard InChI is InChI=1S/C15H27N3O2/c1-4-13-7-5-6-8-17(13)15(20)16-12-9-14(19)18(10-12)11(2)3/h11-13H,4-10H2,1-3H3,(H,16,20). The quantitative estimate of drug-likeness (QED) is 0.860. The van der Waals surface area contributed by atoms with Crippen LogP contribution in [0.15, 0.2) is 0 Å². The molecule has 0 radical (unpaired) electrons. The van der Waals surface area contributed by atoms with Crippen molar-refractivity contribution < 1.29 is 9.59 Å². The summed E-state index contributed by atoms with van der Waals surface area (Å²) in [6, 6.07) is 0.557. The molecule has 2 unspecified atom stereocenters. The Labute approximate surface area is 121 Å². The molecule has 2 saturated heterocycles. The van der Waals surface area contributed by atoms with Crippen molar-refractivity contribution in [3.05, 3.63) is 0 Å². The van der Waals surface area contributed by atoms with E-state index in [9.17, 15) is 9.59 Å². The van der Waals surface area contributed by atoms with Crippen molar-refractivity contribution in [2.24, 2.45) is 0 Å². The zero-order chi connectivity index (χ0) is 14.7. The number of likely N-dealkylation sites (tertiary alicyclic amines) is 2. The van der Waals surface area contributed by atoms with E-state index in [-0.39, 0.29) is 24.0 Å². The second-order valence-electron chi connectivity index (χ2n) is 6.24. The lowest BCUT2D eigenvalue weighted by Crippen LogP contribution is -2.51. The molecule has 2 fully saturated rings. The molecule has 0 aromatic carbocycles. The molecular formula is C15H27N3O2. The minimum absolute atomic E-state index is 0.0138. The Morgan fingerprint density at radius 3 is 2.75 bits per heavy atom. The molecule has 2 rings (SSSR count). The van der Waals surface area contributed by atoms with Gasteiger partial charge in [0, 0.05) is 31.6 Å². The van der Waals surface area contributed by atoms with Crippen LogP contribution in [-0.2, 0) is 4.79 Å². The molecule has 2 aliphatic rings. The van der Waals surface area contributed by atoms with Crippen molar-refractivity contribution >= 4 is 11.9 Å². The van der Waals surface area contributed by atoms with Gasteiger partial charge in [-0.15, -0.1) is 0 Å². The predicted molar refractivity (Wildman–Crippen MR) is 78.4 cm³/mol. The zero-order valence-electron chi connectivity index (χ0n) is 12.9. The minimum Gasteiger partial charge on any atom is -0.338 e. The van der Waals surface area contributed by atoms with E-state index in [0.717, 1.165) is 25.8 Å². The molecule has 1 N–H and O–H groups in total. The van der Waals surface area contributed by atoms with Crippen molar-refractivity contribution in [2.45, 2.75) is 71.0 Å². The molecule has 0 saturated carbocycles. The molecule has 0 bridgehead atoms. The maximum absolute atomic E-state index is 12.4. The van der Waals surface area contributed by atoms with Crippen LogP contribution in [-0.4, -0.2) is 53.0 Å². The van der Waals surface area contributed by atoms with Gasteiger partial charge in [-0.25, -0.2) is 4.79 Å². The van der Waals surface area contributed by atoms with Crippen LogP contribution in [0.25, 0.3) is 0 Å². The number of rotatable bonds is 3. The number of hydrogen-bond acceptors (Lipinski definition) is 2. The maximum Gasteiger partial charge on any atom is 0.317 e. The molecule has 2 heterocycles. The first-order valence-electron chi connectivity index (χ1n) is 7.89. The molecule has 5 heteroatoms. The Hall–Kier alpha value is -1.26. The lowest BCUT2D eigenvalue weighted by atomic mass is 10.0. The highest BCUT2D eigenvalue weighted by Gasteiger charge is 2.34. The number of carbonyl (C=O) groups is 2. The van der Waals surface area contributed by atoms with Gasteiger partial charge >= 0.3 is 6.03 Å². The van der Waals surface area contributed by atoms with E-state index in [0.29, 0.717) is 19.0 Å². The van der Waals surface area contributed by atoms with E-state index in [2.05, 4.69) is 12.2 Å². The van der Waals surface area contributed by atoms with Gasteiger partial charge < -0.3 is 15.1 Å². The summed E-state index contributed by atoms with van der Waals surface area (Å²) in [5.74, 6) is 0.149. The first kappa shape index (κ1) is 15.1. The van der Waals surface area contributed by atoms with Crippen LogP contribution >= 0.6 is 0 Å². The Morgan fingerprint density at radius 2 is 2.15 bits per heavy atom. The first-order chi connectivity index (χ1) is 9.52. The number of urea groups is 1. The summed E-state index contributed by atoms with van der Waals surface area (Å²) in [4.78, 5) is 28.1. The van der Waals surface area contributed by atoms with Crippen LogP contribution in [0.5, 0.6) is 0 Å². The molecule has 0 aliphatic carbocycles. The molecule has 0 spiro atoms. The van der Waals surface area contributed by atoms with Gasteiger partial charge in [0.15, 0.2) is 0 Å².